The average Bonchev–Trinajstić information content (AvgIpc) is 2.90. The third-order valence-electron chi connectivity index (χ3n) is 8.57. The Morgan fingerprint density at radius 1 is 1.17 bits per heavy atom. The highest BCUT2D eigenvalue weighted by atomic mass is 14.6. The van der Waals surface area contributed by atoms with Gasteiger partial charge in [0.2, 0.25) is 0 Å². The number of hydrogen-bond acceptors (Lipinski definition) is 1. The summed E-state index contributed by atoms with van der Waals surface area (Å²) in [7, 11) is 0. The lowest BCUT2D eigenvalue weighted by Crippen LogP contribution is -2.49. The molecule has 0 saturated heterocycles. The Bertz CT molecular complexity index is 606. The summed E-state index contributed by atoms with van der Waals surface area (Å²) in [5, 5.41) is 9.80. The van der Waals surface area contributed by atoms with Gasteiger partial charge < -0.3 is 0 Å². The molecule has 0 aromatic carbocycles. The molecule has 23 heavy (non-hydrogen) atoms. The topological polar surface area (TPSA) is 23.8 Å². The number of hydrogen-bond donors (Lipinski definition) is 0. The molecule has 0 unspecified atom stereocenters. The number of nitriles is 1. The van der Waals surface area contributed by atoms with Crippen LogP contribution in [0.4, 0.5) is 0 Å². The van der Waals surface area contributed by atoms with Crippen LogP contribution in [0.5, 0.6) is 0 Å². The minimum absolute atomic E-state index is 0.272. The van der Waals surface area contributed by atoms with E-state index in [1.807, 2.05) is 0 Å². The van der Waals surface area contributed by atoms with Crippen LogP contribution in [0, 0.1) is 45.8 Å². The van der Waals surface area contributed by atoms with Crippen molar-refractivity contribution in [2.45, 2.75) is 72.1 Å². The van der Waals surface area contributed by atoms with Crippen molar-refractivity contribution in [1.82, 2.24) is 0 Å². The Balaban J connectivity index is 1.77. The second-order valence-electron chi connectivity index (χ2n) is 9.17. The largest absolute Gasteiger partial charge is 0.193 e. The molecule has 1 heteroatoms. The molecule has 6 atom stereocenters. The molecule has 4 rings (SSSR count). The molecule has 0 heterocycles. The Kier molecular flexibility index (Phi) is 3.53. The third kappa shape index (κ3) is 1.97. The van der Waals surface area contributed by atoms with Gasteiger partial charge in [-0.2, -0.15) is 5.26 Å². The molecule has 2 fully saturated rings. The summed E-state index contributed by atoms with van der Waals surface area (Å²) in [5.41, 5.74) is 3.35. The van der Waals surface area contributed by atoms with Gasteiger partial charge in [0.25, 0.3) is 0 Å². The molecule has 0 spiro atoms. The van der Waals surface area contributed by atoms with Crippen LogP contribution in [0.25, 0.3) is 0 Å². The van der Waals surface area contributed by atoms with E-state index in [1.165, 1.54) is 50.5 Å². The van der Waals surface area contributed by atoms with Gasteiger partial charge >= 0.3 is 0 Å². The summed E-state index contributed by atoms with van der Waals surface area (Å²) in [6.07, 6.45) is 15.1. The van der Waals surface area contributed by atoms with Crippen LogP contribution in [-0.2, 0) is 0 Å². The molecule has 2 saturated carbocycles. The Morgan fingerprint density at radius 2 is 2.00 bits per heavy atom. The highest BCUT2D eigenvalue weighted by Gasteiger charge is 2.58. The molecular weight excluding hydrogens is 278 g/mol. The molecule has 0 aromatic heterocycles. The second-order valence-corrected chi connectivity index (χ2v) is 9.17. The normalized spacial score (nSPS) is 48.4. The SMILES string of the molecule is CC[C@H]1CC[C@H]2[C@@H]3CC(C#N)=C4C=CCC[C@]4(C)[C@H]3CC[C@]12C. The van der Waals surface area contributed by atoms with E-state index in [0.717, 1.165) is 35.7 Å². The molecule has 0 aromatic rings. The van der Waals surface area contributed by atoms with Gasteiger partial charge in [-0.3, -0.25) is 0 Å². The number of rotatable bonds is 1. The predicted molar refractivity (Wildman–Crippen MR) is 94.6 cm³/mol. The van der Waals surface area contributed by atoms with E-state index < -0.39 is 0 Å². The fourth-order valence-electron chi connectivity index (χ4n) is 7.33. The zero-order valence-corrected chi connectivity index (χ0v) is 15.1. The lowest BCUT2D eigenvalue weighted by atomic mass is 9.47. The van der Waals surface area contributed by atoms with Crippen molar-refractivity contribution in [3.8, 4) is 6.07 Å². The highest BCUT2D eigenvalue weighted by Crippen LogP contribution is 2.66. The van der Waals surface area contributed by atoms with Gasteiger partial charge in [0, 0.05) is 5.57 Å². The molecule has 0 bridgehead atoms. The molecule has 4 aliphatic carbocycles. The zero-order chi connectivity index (χ0) is 16.2. The standard InChI is InChI=1S/C22H31N/c1-4-16-8-9-19-17-13-15(14-23)18-7-5-6-11-22(18,3)20(17)10-12-21(16,19)2/h5,7,16-17,19-20H,4,6,8-13H2,1-3H3/t16-,17-,19-,20-,21+,22-/m0/s1. The number of allylic oxidation sites excluding steroid dienone is 4. The summed E-state index contributed by atoms with van der Waals surface area (Å²) in [4.78, 5) is 0. The maximum absolute atomic E-state index is 9.80. The van der Waals surface area contributed by atoms with Crippen LogP contribution in [0.2, 0.25) is 0 Å². The van der Waals surface area contributed by atoms with Gasteiger partial charge in [0.15, 0.2) is 0 Å². The number of nitrogens with zero attached hydrogens (tertiary/aromatic N) is 1. The molecule has 0 N–H and O–H groups in total. The fourth-order valence-corrected chi connectivity index (χ4v) is 7.33. The molecule has 4 aliphatic rings. The van der Waals surface area contributed by atoms with Gasteiger partial charge in [0.05, 0.1) is 6.07 Å². The van der Waals surface area contributed by atoms with Crippen molar-refractivity contribution < 1.29 is 0 Å². The first-order valence-electron chi connectivity index (χ1n) is 9.85. The molecule has 124 valence electrons. The third-order valence-corrected chi connectivity index (χ3v) is 8.57. The van der Waals surface area contributed by atoms with Crippen molar-refractivity contribution in [3.63, 3.8) is 0 Å². The van der Waals surface area contributed by atoms with E-state index in [4.69, 9.17) is 0 Å². The van der Waals surface area contributed by atoms with Gasteiger partial charge in [0.1, 0.15) is 0 Å². The van der Waals surface area contributed by atoms with E-state index in [2.05, 4.69) is 39.0 Å². The Labute approximate surface area is 141 Å². The van der Waals surface area contributed by atoms with E-state index in [-0.39, 0.29) is 5.41 Å². The van der Waals surface area contributed by atoms with Gasteiger partial charge in [-0.25, -0.2) is 0 Å². The van der Waals surface area contributed by atoms with Crippen LogP contribution < -0.4 is 0 Å². The van der Waals surface area contributed by atoms with Crippen molar-refractivity contribution in [3.05, 3.63) is 23.3 Å². The first kappa shape index (κ1) is 15.5. The van der Waals surface area contributed by atoms with E-state index in [1.54, 1.807) is 0 Å². The van der Waals surface area contributed by atoms with E-state index in [9.17, 15) is 5.26 Å². The van der Waals surface area contributed by atoms with Crippen LogP contribution in [0.3, 0.4) is 0 Å². The minimum Gasteiger partial charge on any atom is -0.193 e. The van der Waals surface area contributed by atoms with E-state index >= 15 is 0 Å². The molecule has 0 radical (unpaired) electrons. The Morgan fingerprint density at radius 3 is 2.74 bits per heavy atom. The second kappa shape index (κ2) is 5.23. The van der Waals surface area contributed by atoms with Gasteiger partial charge in [-0.05, 0) is 85.0 Å². The van der Waals surface area contributed by atoms with Crippen molar-refractivity contribution in [2.75, 3.05) is 0 Å². The average molecular weight is 309 g/mol. The Hall–Kier alpha value is -1.03. The predicted octanol–water partition coefficient (Wildman–Crippen LogP) is 6.04. The quantitative estimate of drug-likeness (QED) is 0.579. The monoisotopic (exact) mass is 309 g/mol. The first-order valence-corrected chi connectivity index (χ1v) is 9.85. The van der Waals surface area contributed by atoms with Crippen molar-refractivity contribution in [1.29, 1.82) is 5.26 Å². The summed E-state index contributed by atoms with van der Waals surface area (Å²) in [6.45, 7) is 7.45. The molecule has 0 aliphatic heterocycles. The van der Waals surface area contributed by atoms with Crippen molar-refractivity contribution in [2.24, 2.45) is 34.5 Å². The molecular formula is C22H31N. The summed E-state index contributed by atoms with van der Waals surface area (Å²) in [6, 6.07) is 2.61. The van der Waals surface area contributed by atoms with E-state index in [0.29, 0.717) is 5.41 Å². The maximum atomic E-state index is 9.80. The molecule has 0 amide bonds. The zero-order valence-electron chi connectivity index (χ0n) is 15.1. The minimum atomic E-state index is 0.272. The van der Waals surface area contributed by atoms with Crippen LogP contribution in [-0.4, -0.2) is 0 Å². The van der Waals surface area contributed by atoms with Gasteiger partial charge in [-0.1, -0.05) is 39.3 Å². The lowest BCUT2D eigenvalue weighted by molar-refractivity contribution is -0.0374. The maximum Gasteiger partial charge on any atom is 0.0950 e. The number of fused-ring (bicyclic) bond motifs is 5. The molecule has 1 nitrogen and oxygen atoms in total. The summed E-state index contributed by atoms with van der Waals surface area (Å²) < 4.78 is 0. The smallest absolute Gasteiger partial charge is 0.0950 e. The summed E-state index contributed by atoms with van der Waals surface area (Å²) >= 11 is 0. The van der Waals surface area contributed by atoms with Crippen LogP contribution in [0.15, 0.2) is 23.3 Å². The highest BCUT2D eigenvalue weighted by molar-refractivity contribution is 5.44. The van der Waals surface area contributed by atoms with Crippen LogP contribution >= 0.6 is 0 Å². The van der Waals surface area contributed by atoms with Crippen LogP contribution in [0.1, 0.15) is 72.1 Å². The fraction of sp³-hybridized carbons (Fsp3) is 0.773. The summed E-state index contributed by atoms with van der Waals surface area (Å²) in [5.74, 6) is 3.36. The van der Waals surface area contributed by atoms with Crippen molar-refractivity contribution >= 4 is 0 Å². The first-order chi connectivity index (χ1) is 11.0. The lowest BCUT2D eigenvalue weighted by Gasteiger charge is -2.57. The van der Waals surface area contributed by atoms with Gasteiger partial charge in [-0.15, -0.1) is 0 Å².